The summed E-state index contributed by atoms with van der Waals surface area (Å²) in [6, 6.07) is 0. The normalized spacial score (nSPS) is 11.8. The third-order valence-electron chi connectivity index (χ3n) is 1.69. The number of aromatic nitrogens is 4. The Morgan fingerprint density at radius 1 is 1.50 bits per heavy atom. The van der Waals surface area contributed by atoms with Crippen LogP contribution in [0.2, 0.25) is 0 Å². The number of nitrogens with zero attached hydrogens (tertiary/aromatic N) is 2. The van der Waals surface area contributed by atoms with E-state index in [0.717, 1.165) is 6.26 Å². The number of ether oxygens (including phenoxy) is 1. The van der Waals surface area contributed by atoms with Crippen LogP contribution >= 0.6 is 0 Å². The molecule has 0 aromatic carbocycles. The second kappa shape index (κ2) is 3.59. The van der Waals surface area contributed by atoms with Gasteiger partial charge in [0.1, 0.15) is 5.52 Å². The maximum absolute atomic E-state index is 11.1. The molecule has 0 atom stereocenters. The lowest BCUT2D eigenvalue weighted by Gasteiger charge is -2.02. The van der Waals surface area contributed by atoms with Crippen molar-refractivity contribution in [3.8, 4) is 5.88 Å². The highest BCUT2D eigenvalue weighted by Gasteiger charge is 2.11. The number of imidazole rings is 1. The molecular weight excluding hydrogens is 236 g/mol. The number of rotatable bonds is 3. The highest BCUT2D eigenvalue weighted by atomic mass is 32.2. The second-order valence-electron chi connectivity index (χ2n) is 3.16. The molecule has 2 N–H and O–H groups in total. The van der Waals surface area contributed by atoms with Gasteiger partial charge in [0.05, 0.1) is 6.33 Å². The molecule has 8 nitrogen and oxygen atoms in total. The molecule has 0 amide bonds. The average Bonchev–Trinajstić information content (AvgIpc) is 2.60. The molecule has 2 aromatic heterocycles. The van der Waals surface area contributed by atoms with Gasteiger partial charge < -0.3 is 9.72 Å². The highest BCUT2D eigenvalue weighted by molar-refractivity contribution is 7.90. The molecule has 2 rings (SSSR count). The number of hydrogen-bond donors (Lipinski definition) is 2. The van der Waals surface area contributed by atoms with Gasteiger partial charge in [-0.2, -0.15) is 4.98 Å². The Bertz CT molecular complexity index is 671. The number of fused-ring (bicyclic) bond motifs is 1. The van der Waals surface area contributed by atoms with Gasteiger partial charge in [0.15, 0.2) is 21.4 Å². The van der Waals surface area contributed by atoms with Crippen molar-refractivity contribution in [3.63, 3.8) is 0 Å². The van der Waals surface area contributed by atoms with Crippen LogP contribution in [0.5, 0.6) is 5.88 Å². The Hall–Kier alpha value is -1.90. The van der Waals surface area contributed by atoms with E-state index >= 15 is 0 Å². The summed E-state index contributed by atoms with van der Waals surface area (Å²) in [6.07, 6.45) is 2.36. The number of aromatic amines is 2. The zero-order chi connectivity index (χ0) is 11.8. The van der Waals surface area contributed by atoms with Crippen molar-refractivity contribution < 1.29 is 13.2 Å². The Morgan fingerprint density at radius 3 is 2.94 bits per heavy atom. The first-order chi connectivity index (χ1) is 7.46. The van der Waals surface area contributed by atoms with Crippen molar-refractivity contribution in [1.82, 2.24) is 19.9 Å². The number of sulfone groups is 1. The Morgan fingerprint density at radius 2 is 2.25 bits per heavy atom. The minimum atomic E-state index is -3.30. The zero-order valence-corrected chi connectivity index (χ0v) is 9.04. The molecule has 0 radical (unpaired) electrons. The van der Waals surface area contributed by atoms with Crippen LogP contribution in [0.4, 0.5) is 0 Å². The number of H-pyrrole nitrogens is 2. The van der Waals surface area contributed by atoms with Gasteiger partial charge >= 0.3 is 5.69 Å². The molecule has 9 heteroatoms. The molecule has 0 aliphatic heterocycles. The molecule has 2 aromatic rings. The van der Waals surface area contributed by atoms with Crippen LogP contribution in [0.3, 0.4) is 0 Å². The zero-order valence-electron chi connectivity index (χ0n) is 8.22. The molecule has 0 saturated carbocycles. The topological polar surface area (TPSA) is 118 Å². The average molecular weight is 244 g/mol. The van der Waals surface area contributed by atoms with Crippen molar-refractivity contribution in [2.24, 2.45) is 0 Å². The van der Waals surface area contributed by atoms with Crippen LogP contribution < -0.4 is 10.4 Å². The van der Waals surface area contributed by atoms with Crippen molar-refractivity contribution in [2.45, 2.75) is 0 Å². The first-order valence-corrected chi connectivity index (χ1v) is 6.26. The van der Waals surface area contributed by atoms with Crippen LogP contribution in [0.25, 0.3) is 11.2 Å². The minimum absolute atomic E-state index is 0.0818. The molecule has 0 aliphatic carbocycles. The van der Waals surface area contributed by atoms with Crippen LogP contribution in [0, 0.1) is 0 Å². The van der Waals surface area contributed by atoms with Crippen molar-refractivity contribution in [3.05, 3.63) is 16.8 Å². The van der Waals surface area contributed by atoms with Crippen LogP contribution in [-0.4, -0.2) is 40.5 Å². The summed E-state index contributed by atoms with van der Waals surface area (Å²) in [5, 5.41) is 0. The molecule has 86 valence electrons. The molecule has 0 fully saturated rings. The van der Waals surface area contributed by atoms with E-state index in [-0.39, 0.29) is 11.5 Å². The van der Waals surface area contributed by atoms with Gasteiger partial charge in [0.25, 0.3) is 0 Å². The first kappa shape index (κ1) is 10.6. The van der Waals surface area contributed by atoms with Gasteiger partial charge in [-0.1, -0.05) is 0 Å². The first-order valence-electron chi connectivity index (χ1n) is 4.19. The highest BCUT2D eigenvalue weighted by Crippen LogP contribution is 2.15. The summed E-state index contributed by atoms with van der Waals surface area (Å²) >= 11 is 0. The van der Waals surface area contributed by atoms with Gasteiger partial charge in [-0.25, -0.2) is 18.2 Å². The number of nitrogens with one attached hydrogen (secondary N) is 2. The van der Waals surface area contributed by atoms with E-state index < -0.39 is 21.5 Å². The Kier molecular flexibility index (Phi) is 2.38. The lowest BCUT2D eigenvalue weighted by Crippen LogP contribution is -2.16. The predicted molar refractivity (Wildman–Crippen MR) is 54.8 cm³/mol. The van der Waals surface area contributed by atoms with Gasteiger partial charge in [0.2, 0.25) is 5.88 Å². The molecule has 2 heterocycles. The molecule has 16 heavy (non-hydrogen) atoms. The van der Waals surface area contributed by atoms with Gasteiger partial charge in [-0.05, 0) is 0 Å². The fourth-order valence-corrected chi connectivity index (χ4v) is 1.42. The second-order valence-corrected chi connectivity index (χ2v) is 5.25. The molecule has 0 saturated heterocycles. The van der Waals surface area contributed by atoms with E-state index in [1.165, 1.54) is 6.33 Å². The lowest BCUT2D eigenvalue weighted by atomic mass is 10.5. The van der Waals surface area contributed by atoms with E-state index in [4.69, 9.17) is 4.74 Å². The van der Waals surface area contributed by atoms with Crippen LogP contribution in [-0.2, 0) is 9.84 Å². The van der Waals surface area contributed by atoms with Crippen molar-refractivity contribution in [2.75, 3.05) is 12.2 Å². The largest absolute Gasteiger partial charge is 0.460 e. The number of hydrogen-bond acceptors (Lipinski definition) is 6. The summed E-state index contributed by atoms with van der Waals surface area (Å²) in [4.78, 5) is 23.4. The third-order valence-corrected chi connectivity index (χ3v) is 2.24. The van der Waals surface area contributed by atoms with E-state index in [9.17, 15) is 13.2 Å². The molecule has 0 spiro atoms. The predicted octanol–water partition coefficient (Wildman–Crippen LogP) is -0.973. The summed E-state index contributed by atoms with van der Waals surface area (Å²) in [5.74, 6) is -0.626. The van der Waals surface area contributed by atoms with Crippen molar-refractivity contribution >= 4 is 21.0 Å². The minimum Gasteiger partial charge on any atom is -0.460 e. The van der Waals surface area contributed by atoms with E-state index in [1.54, 1.807) is 0 Å². The van der Waals surface area contributed by atoms with Crippen LogP contribution in [0.15, 0.2) is 11.1 Å². The van der Waals surface area contributed by atoms with E-state index in [0.29, 0.717) is 5.52 Å². The lowest BCUT2D eigenvalue weighted by molar-refractivity contribution is 0.365. The van der Waals surface area contributed by atoms with Crippen molar-refractivity contribution in [1.29, 1.82) is 0 Å². The standard InChI is InChI=1S/C7H8N4O4S/c1-16(13,14)3-15-6-4-5(9-2-8-4)10-7(12)11-6/h2H,3H2,1H3,(H2,8,9,10,11,12). The smallest absolute Gasteiger partial charge is 0.349 e. The van der Waals surface area contributed by atoms with Crippen LogP contribution in [0.1, 0.15) is 0 Å². The summed E-state index contributed by atoms with van der Waals surface area (Å²) < 4.78 is 26.7. The summed E-state index contributed by atoms with van der Waals surface area (Å²) in [6.45, 7) is 0. The van der Waals surface area contributed by atoms with Gasteiger partial charge in [-0.15, -0.1) is 0 Å². The fourth-order valence-electron chi connectivity index (χ4n) is 1.10. The summed E-state index contributed by atoms with van der Waals surface area (Å²) in [5.41, 5.74) is -0.0325. The maximum Gasteiger partial charge on any atom is 0.349 e. The third kappa shape index (κ3) is 2.19. The summed E-state index contributed by atoms with van der Waals surface area (Å²) in [7, 11) is -3.30. The van der Waals surface area contributed by atoms with E-state index in [1.807, 2.05) is 0 Å². The van der Waals surface area contributed by atoms with Gasteiger partial charge in [-0.3, -0.25) is 4.98 Å². The molecule has 0 bridgehead atoms. The van der Waals surface area contributed by atoms with E-state index in [2.05, 4.69) is 19.9 Å². The molecule has 0 aliphatic rings. The fraction of sp³-hybridized carbons (Fsp3) is 0.286. The molecular formula is C7H8N4O4S. The Balaban J connectivity index is 2.43. The molecule has 0 unspecified atom stereocenters. The Labute approximate surface area is 89.6 Å². The monoisotopic (exact) mass is 244 g/mol. The SMILES string of the molecule is CS(=O)(=O)COc1nc(=O)[nH]c2nc[nH]c12. The quantitative estimate of drug-likeness (QED) is 0.717. The maximum atomic E-state index is 11.1. The van der Waals surface area contributed by atoms with Gasteiger partial charge in [0, 0.05) is 6.26 Å².